The molecular formula is C14H14BrN5. The standard InChI is InChI=1S/C14H14BrN5/c1-19(8-7-15)13-12-9-18-20(14(12)17-10-16-13)11-5-3-2-4-6-11/h2-6,9-10H,7-8H2,1H3. The molecular weight excluding hydrogens is 318 g/mol. The van der Waals surface area contributed by atoms with Crippen LogP contribution in [-0.4, -0.2) is 38.7 Å². The van der Waals surface area contributed by atoms with E-state index in [1.54, 1.807) is 6.33 Å². The molecule has 102 valence electrons. The minimum atomic E-state index is 0.822. The van der Waals surface area contributed by atoms with Gasteiger partial charge in [-0.15, -0.1) is 0 Å². The maximum atomic E-state index is 4.44. The third-order valence-corrected chi connectivity index (χ3v) is 3.48. The van der Waals surface area contributed by atoms with Gasteiger partial charge >= 0.3 is 0 Å². The Morgan fingerprint density at radius 1 is 1.20 bits per heavy atom. The Balaban J connectivity index is 2.13. The zero-order valence-electron chi connectivity index (χ0n) is 11.1. The molecule has 0 saturated carbocycles. The van der Waals surface area contributed by atoms with Crippen molar-refractivity contribution in [2.24, 2.45) is 0 Å². The van der Waals surface area contributed by atoms with Crippen LogP contribution in [0.25, 0.3) is 16.7 Å². The van der Waals surface area contributed by atoms with Gasteiger partial charge < -0.3 is 4.90 Å². The van der Waals surface area contributed by atoms with Gasteiger partial charge in [0.2, 0.25) is 0 Å². The topological polar surface area (TPSA) is 46.8 Å². The van der Waals surface area contributed by atoms with Crippen molar-refractivity contribution in [1.29, 1.82) is 0 Å². The number of fused-ring (bicyclic) bond motifs is 1. The fourth-order valence-corrected chi connectivity index (χ4v) is 2.66. The third kappa shape index (κ3) is 2.27. The van der Waals surface area contributed by atoms with E-state index < -0.39 is 0 Å². The molecule has 0 N–H and O–H groups in total. The zero-order valence-corrected chi connectivity index (χ0v) is 12.7. The molecule has 0 fully saturated rings. The van der Waals surface area contributed by atoms with E-state index in [1.165, 1.54) is 0 Å². The summed E-state index contributed by atoms with van der Waals surface area (Å²) in [6, 6.07) is 9.98. The Morgan fingerprint density at radius 3 is 2.75 bits per heavy atom. The van der Waals surface area contributed by atoms with Gasteiger partial charge in [0.25, 0.3) is 0 Å². The van der Waals surface area contributed by atoms with Crippen molar-refractivity contribution in [2.75, 3.05) is 23.8 Å². The Bertz CT molecular complexity index is 710. The van der Waals surface area contributed by atoms with Gasteiger partial charge in [0.1, 0.15) is 12.1 Å². The number of anilines is 1. The average molecular weight is 332 g/mol. The number of hydrogen-bond donors (Lipinski definition) is 0. The van der Waals surface area contributed by atoms with Gasteiger partial charge in [-0.2, -0.15) is 5.10 Å². The number of rotatable bonds is 4. The van der Waals surface area contributed by atoms with E-state index in [-0.39, 0.29) is 0 Å². The van der Waals surface area contributed by atoms with Crippen LogP contribution in [0.1, 0.15) is 0 Å². The largest absolute Gasteiger partial charge is 0.358 e. The third-order valence-electron chi connectivity index (χ3n) is 3.13. The van der Waals surface area contributed by atoms with Crippen LogP contribution in [0.2, 0.25) is 0 Å². The van der Waals surface area contributed by atoms with E-state index in [0.29, 0.717) is 0 Å². The summed E-state index contributed by atoms with van der Waals surface area (Å²) in [6.07, 6.45) is 3.41. The second-order valence-electron chi connectivity index (χ2n) is 4.44. The number of aromatic nitrogens is 4. The van der Waals surface area contributed by atoms with Crippen LogP contribution in [0.4, 0.5) is 5.82 Å². The second-order valence-corrected chi connectivity index (χ2v) is 5.23. The van der Waals surface area contributed by atoms with Crippen LogP contribution < -0.4 is 4.90 Å². The molecule has 20 heavy (non-hydrogen) atoms. The smallest absolute Gasteiger partial charge is 0.168 e. The molecule has 0 radical (unpaired) electrons. The van der Waals surface area contributed by atoms with Crippen molar-refractivity contribution in [3.63, 3.8) is 0 Å². The van der Waals surface area contributed by atoms with Crippen molar-refractivity contribution >= 4 is 32.8 Å². The van der Waals surface area contributed by atoms with Crippen molar-refractivity contribution in [1.82, 2.24) is 19.7 Å². The lowest BCUT2D eigenvalue weighted by Gasteiger charge is -2.16. The first-order chi connectivity index (χ1) is 9.81. The summed E-state index contributed by atoms with van der Waals surface area (Å²) in [5, 5.41) is 6.29. The fraction of sp³-hybridized carbons (Fsp3) is 0.214. The number of benzene rings is 1. The van der Waals surface area contributed by atoms with E-state index in [9.17, 15) is 0 Å². The fourth-order valence-electron chi connectivity index (χ4n) is 2.13. The van der Waals surface area contributed by atoms with Crippen molar-refractivity contribution in [2.45, 2.75) is 0 Å². The molecule has 3 rings (SSSR count). The molecule has 2 heterocycles. The summed E-state index contributed by atoms with van der Waals surface area (Å²) >= 11 is 3.45. The Morgan fingerprint density at radius 2 is 2.00 bits per heavy atom. The van der Waals surface area contributed by atoms with Gasteiger partial charge in [-0.3, -0.25) is 0 Å². The number of hydrogen-bond acceptors (Lipinski definition) is 4. The van der Waals surface area contributed by atoms with Crippen molar-refractivity contribution < 1.29 is 0 Å². The van der Waals surface area contributed by atoms with Crippen molar-refractivity contribution in [3.05, 3.63) is 42.9 Å². The van der Waals surface area contributed by atoms with Crippen LogP contribution in [0.5, 0.6) is 0 Å². The molecule has 0 atom stereocenters. The van der Waals surface area contributed by atoms with E-state index >= 15 is 0 Å². The number of halogens is 1. The van der Waals surface area contributed by atoms with Gasteiger partial charge in [0.15, 0.2) is 5.65 Å². The van der Waals surface area contributed by atoms with Crippen LogP contribution >= 0.6 is 15.9 Å². The quantitative estimate of drug-likeness (QED) is 0.689. The second kappa shape index (κ2) is 5.58. The first-order valence-corrected chi connectivity index (χ1v) is 7.44. The molecule has 0 aliphatic heterocycles. The molecule has 5 nitrogen and oxygen atoms in total. The molecule has 0 aliphatic carbocycles. The lowest BCUT2D eigenvalue weighted by molar-refractivity contribution is 0.893. The molecule has 0 bridgehead atoms. The van der Waals surface area contributed by atoms with Gasteiger partial charge in [-0.1, -0.05) is 34.1 Å². The van der Waals surface area contributed by atoms with E-state index in [1.807, 2.05) is 48.3 Å². The summed E-state index contributed by atoms with van der Waals surface area (Å²) in [5.74, 6) is 0.900. The Kier molecular flexibility index (Phi) is 3.64. The number of para-hydroxylation sites is 1. The molecule has 2 aromatic heterocycles. The molecule has 0 saturated heterocycles. The predicted molar refractivity (Wildman–Crippen MR) is 83.7 cm³/mol. The average Bonchev–Trinajstić information content (AvgIpc) is 2.92. The Labute approximate surface area is 125 Å². The van der Waals surface area contributed by atoms with E-state index in [2.05, 4.69) is 35.9 Å². The SMILES string of the molecule is CN(CCBr)c1ncnc2c1cnn2-c1ccccc1. The van der Waals surface area contributed by atoms with Gasteiger partial charge in [0, 0.05) is 18.9 Å². The first kappa shape index (κ1) is 13.1. The summed E-state index contributed by atoms with van der Waals surface area (Å²) in [6.45, 7) is 0.878. The van der Waals surface area contributed by atoms with Gasteiger partial charge in [-0.05, 0) is 12.1 Å². The van der Waals surface area contributed by atoms with Gasteiger partial charge in [-0.25, -0.2) is 14.6 Å². The molecule has 0 aliphatic rings. The minimum Gasteiger partial charge on any atom is -0.358 e. The highest BCUT2D eigenvalue weighted by Gasteiger charge is 2.13. The highest BCUT2D eigenvalue weighted by atomic mass is 79.9. The molecule has 1 aromatic carbocycles. The maximum Gasteiger partial charge on any atom is 0.168 e. The summed E-state index contributed by atoms with van der Waals surface area (Å²) in [7, 11) is 2.02. The molecule has 6 heteroatoms. The molecule has 0 unspecified atom stereocenters. The van der Waals surface area contributed by atoms with E-state index in [4.69, 9.17) is 0 Å². The normalized spacial score (nSPS) is 10.9. The number of nitrogens with zero attached hydrogens (tertiary/aromatic N) is 5. The van der Waals surface area contributed by atoms with Crippen LogP contribution in [-0.2, 0) is 0 Å². The molecule has 3 aromatic rings. The van der Waals surface area contributed by atoms with Crippen LogP contribution in [0, 0.1) is 0 Å². The summed E-state index contributed by atoms with van der Waals surface area (Å²) < 4.78 is 1.84. The van der Waals surface area contributed by atoms with Crippen molar-refractivity contribution in [3.8, 4) is 5.69 Å². The number of alkyl halides is 1. The lowest BCUT2D eigenvalue weighted by atomic mass is 10.3. The monoisotopic (exact) mass is 331 g/mol. The van der Waals surface area contributed by atoms with E-state index in [0.717, 1.165) is 34.4 Å². The molecule has 0 spiro atoms. The van der Waals surface area contributed by atoms with Crippen LogP contribution in [0.15, 0.2) is 42.9 Å². The maximum absolute atomic E-state index is 4.44. The Hall–Kier alpha value is -1.95. The molecule has 0 amide bonds. The lowest BCUT2D eigenvalue weighted by Crippen LogP contribution is -2.20. The highest BCUT2D eigenvalue weighted by molar-refractivity contribution is 9.09. The van der Waals surface area contributed by atoms with Crippen LogP contribution in [0.3, 0.4) is 0 Å². The van der Waals surface area contributed by atoms with Gasteiger partial charge in [0.05, 0.1) is 17.3 Å². The summed E-state index contributed by atoms with van der Waals surface area (Å²) in [4.78, 5) is 10.8. The predicted octanol–water partition coefficient (Wildman–Crippen LogP) is 2.65. The first-order valence-electron chi connectivity index (χ1n) is 6.32. The minimum absolute atomic E-state index is 0.822. The summed E-state index contributed by atoms with van der Waals surface area (Å²) in [5.41, 5.74) is 1.82. The highest BCUT2D eigenvalue weighted by Crippen LogP contribution is 2.23. The zero-order chi connectivity index (χ0) is 13.9.